The zero-order valence-corrected chi connectivity index (χ0v) is 13.3. The van der Waals surface area contributed by atoms with Gasteiger partial charge in [0.05, 0.1) is 17.1 Å². The fourth-order valence-electron chi connectivity index (χ4n) is 2.58. The highest BCUT2D eigenvalue weighted by molar-refractivity contribution is 5.81. The van der Waals surface area contributed by atoms with Crippen molar-refractivity contribution in [1.82, 2.24) is 14.6 Å². The van der Waals surface area contributed by atoms with Crippen LogP contribution in [0.25, 0.3) is 22.3 Å². The van der Waals surface area contributed by atoms with E-state index >= 15 is 0 Å². The molecule has 0 fully saturated rings. The van der Waals surface area contributed by atoms with Gasteiger partial charge < -0.3 is 0 Å². The normalized spacial score (nSPS) is 11.2. The van der Waals surface area contributed by atoms with Gasteiger partial charge in [0.25, 0.3) is 5.56 Å². The number of hydrogen-bond donors (Lipinski definition) is 0. The number of benzene rings is 2. The number of hydrogen-bond acceptors (Lipinski definition) is 4. The van der Waals surface area contributed by atoms with Gasteiger partial charge in [0.2, 0.25) is 0 Å². The molecule has 0 aliphatic heterocycles. The lowest BCUT2D eigenvalue weighted by Gasteiger charge is -2.09. The Labute approximate surface area is 143 Å². The summed E-state index contributed by atoms with van der Waals surface area (Å²) in [5.74, 6) is 0.504. The number of aromatic nitrogens is 3. The van der Waals surface area contributed by atoms with E-state index in [1.54, 1.807) is 24.7 Å². The van der Waals surface area contributed by atoms with Gasteiger partial charge in [-0.3, -0.25) is 9.78 Å². The summed E-state index contributed by atoms with van der Waals surface area (Å²) in [6.45, 7) is 0. The second-order valence-electron chi connectivity index (χ2n) is 5.47. The quantitative estimate of drug-likeness (QED) is 0.543. The standard InChI is InChI=1S/C20H14N4O/c25-20-17-10-4-5-11-18(17)23-19(16-8-2-1-3-9-16)24(20)22-14-15-7-6-12-21-13-15/h1-14H. The van der Waals surface area contributed by atoms with Crippen LogP contribution in [0.4, 0.5) is 0 Å². The molecular weight excluding hydrogens is 312 g/mol. The number of fused-ring (bicyclic) bond motifs is 1. The topological polar surface area (TPSA) is 60.1 Å². The smallest absolute Gasteiger partial charge is 0.267 e. The molecule has 25 heavy (non-hydrogen) atoms. The molecule has 120 valence electrons. The maximum atomic E-state index is 12.9. The van der Waals surface area contributed by atoms with E-state index < -0.39 is 0 Å². The molecule has 0 bridgehead atoms. The Balaban J connectivity index is 1.96. The number of pyridine rings is 1. The van der Waals surface area contributed by atoms with E-state index in [0.29, 0.717) is 16.7 Å². The van der Waals surface area contributed by atoms with Crippen LogP contribution in [0.1, 0.15) is 5.56 Å². The van der Waals surface area contributed by atoms with Crippen molar-refractivity contribution in [1.29, 1.82) is 0 Å². The van der Waals surface area contributed by atoms with Crippen LogP contribution in [0.2, 0.25) is 0 Å². The third-order valence-electron chi connectivity index (χ3n) is 3.79. The first-order valence-corrected chi connectivity index (χ1v) is 7.84. The minimum Gasteiger partial charge on any atom is -0.267 e. The van der Waals surface area contributed by atoms with Crippen molar-refractivity contribution in [3.8, 4) is 11.4 Å². The van der Waals surface area contributed by atoms with E-state index in [2.05, 4.69) is 15.1 Å². The van der Waals surface area contributed by atoms with Crippen LogP contribution < -0.4 is 5.56 Å². The van der Waals surface area contributed by atoms with Crippen LogP contribution in [0.15, 0.2) is 89.0 Å². The van der Waals surface area contributed by atoms with E-state index in [4.69, 9.17) is 0 Å². The summed E-state index contributed by atoms with van der Waals surface area (Å²) < 4.78 is 1.34. The van der Waals surface area contributed by atoms with Crippen molar-refractivity contribution < 1.29 is 0 Å². The fourth-order valence-corrected chi connectivity index (χ4v) is 2.58. The molecule has 0 atom stereocenters. The van der Waals surface area contributed by atoms with Crippen LogP contribution >= 0.6 is 0 Å². The molecule has 2 aromatic heterocycles. The van der Waals surface area contributed by atoms with Crippen molar-refractivity contribution in [2.24, 2.45) is 5.10 Å². The van der Waals surface area contributed by atoms with Gasteiger partial charge in [0.1, 0.15) is 0 Å². The molecule has 0 N–H and O–H groups in total. The van der Waals surface area contributed by atoms with Gasteiger partial charge in [0.15, 0.2) is 5.82 Å². The third kappa shape index (κ3) is 2.95. The fraction of sp³-hybridized carbons (Fsp3) is 0. The monoisotopic (exact) mass is 326 g/mol. The first kappa shape index (κ1) is 15.0. The Kier molecular flexibility index (Phi) is 3.88. The lowest BCUT2D eigenvalue weighted by atomic mass is 10.2. The number of para-hydroxylation sites is 1. The Morgan fingerprint density at radius 3 is 2.52 bits per heavy atom. The maximum Gasteiger partial charge on any atom is 0.282 e. The molecule has 0 aliphatic rings. The molecule has 4 rings (SSSR count). The van der Waals surface area contributed by atoms with Crippen LogP contribution in [-0.2, 0) is 0 Å². The summed E-state index contributed by atoms with van der Waals surface area (Å²) in [5, 5.41) is 4.91. The molecule has 0 saturated heterocycles. The van der Waals surface area contributed by atoms with Crippen molar-refractivity contribution >= 4 is 17.1 Å². The molecule has 0 radical (unpaired) electrons. The van der Waals surface area contributed by atoms with E-state index in [1.165, 1.54) is 4.68 Å². The molecule has 2 heterocycles. The zero-order chi connectivity index (χ0) is 17.1. The molecule has 0 amide bonds. The predicted molar refractivity (Wildman–Crippen MR) is 98.7 cm³/mol. The minimum absolute atomic E-state index is 0.204. The summed E-state index contributed by atoms with van der Waals surface area (Å²) >= 11 is 0. The predicted octanol–water partition coefficient (Wildman–Crippen LogP) is 3.34. The molecule has 0 saturated carbocycles. The largest absolute Gasteiger partial charge is 0.282 e. The SMILES string of the molecule is O=c1c2ccccc2nc(-c2ccccc2)n1N=Cc1cccnc1. The Morgan fingerprint density at radius 1 is 0.920 bits per heavy atom. The van der Waals surface area contributed by atoms with Gasteiger partial charge in [-0.2, -0.15) is 9.78 Å². The van der Waals surface area contributed by atoms with Crippen molar-refractivity contribution in [2.75, 3.05) is 0 Å². The highest BCUT2D eigenvalue weighted by atomic mass is 16.1. The molecule has 0 unspecified atom stereocenters. The van der Waals surface area contributed by atoms with E-state index in [0.717, 1.165) is 11.1 Å². The van der Waals surface area contributed by atoms with E-state index in [9.17, 15) is 4.79 Å². The zero-order valence-electron chi connectivity index (χ0n) is 13.3. The molecule has 4 aromatic rings. The third-order valence-corrected chi connectivity index (χ3v) is 3.79. The van der Waals surface area contributed by atoms with Gasteiger partial charge in [-0.15, -0.1) is 0 Å². The van der Waals surface area contributed by atoms with Crippen molar-refractivity contribution in [3.63, 3.8) is 0 Å². The number of nitrogens with zero attached hydrogens (tertiary/aromatic N) is 4. The highest BCUT2D eigenvalue weighted by Crippen LogP contribution is 2.18. The van der Waals surface area contributed by atoms with Crippen LogP contribution in [-0.4, -0.2) is 20.9 Å². The lowest BCUT2D eigenvalue weighted by molar-refractivity contribution is 0.829. The summed E-state index contributed by atoms with van der Waals surface area (Å²) in [7, 11) is 0. The van der Waals surface area contributed by atoms with Gasteiger partial charge in [0, 0.05) is 23.5 Å². The lowest BCUT2D eigenvalue weighted by Crippen LogP contribution is -2.20. The van der Waals surface area contributed by atoms with Crippen LogP contribution in [0.3, 0.4) is 0 Å². The van der Waals surface area contributed by atoms with Gasteiger partial charge in [-0.05, 0) is 18.2 Å². The summed E-state index contributed by atoms with van der Waals surface area (Å²) in [4.78, 5) is 21.6. The molecule has 0 spiro atoms. The second kappa shape index (κ2) is 6.49. The summed E-state index contributed by atoms with van der Waals surface area (Å²) in [6, 6.07) is 20.5. The Hall–Kier alpha value is -3.60. The first-order valence-electron chi connectivity index (χ1n) is 7.84. The number of rotatable bonds is 3. The summed E-state index contributed by atoms with van der Waals surface area (Å²) in [5.41, 5.74) is 2.08. The average Bonchev–Trinajstić information content (AvgIpc) is 2.69. The van der Waals surface area contributed by atoms with Crippen molar-refractivity contribution in [2.45, 2.75) is 0 Å². The maximum absolute atomic E-state index is 12.9. The van der Waals surface area contributed by atoms with E-state index in [1.807, 2.05) is 60.7 Å². The molecule has 0 aliphatic carbocycles. The molecular formula is C20H14N4O. The van der Waals surface area contributed by atoms with E-state index in [-0.39, 0.29) is 5.56 Å². The van der Waals surface area contributed by atoms with Crippen LogP contribution in [0.5, 0.6) is 0 Å². The highest BCUT2D eigenvalue weighted by Gasteiger charge is 2.11. The van der Waals surface area contributed by atoms with Gasteiger partial charge >= 0.3 is 0 Å². The Bertz CT molecular complexity index is 1100. The average molecular weight is 326 g/mol. The Morgan fingerprint density at radius 2 is 1.72 bits per heavy atom. The second-order valence-corrected chi connectivity index (χ2v) is 5.47. The molecule has 5 heteroatoms. The molecule has 5 nitrogen and oxygen atoms in total. The summed E-state index contributed by atoms with van der Waals surface area (Å²) in [6.07, 6.45) is 4.99. The van der Waals surface area contributed by atoms with Crippen molar-refractivity contribution in [3.05, 3.63) is 95.0 Å². The van der Waals surface area contributed by atoms with Crippen LogP contribution in [0, 0.1) is 0 Å². The molecule has 2 aromatic carbocycles. The first-order chi connectivity index (χ1) is 12.3. The van der Waals surface area contributed by atoms with Gasteiger partial charge in [-0.1, -0.05) is 48.5 Å². The minimum atomic E-state index is -0.204. The van der Waals surface area contributed by atoms with Gasteiger partial charge in [-0.25, -0.2) is 4.98 Å².